The molecule has 1 N–H and O–H groups in total. The molecule has 0 bridgehead atoms. The van der Waals surface area contributed by atoms with Gasteiger partial charge in [-0.1, -0.05) is 23.4 Å². The molecule has 1 aliphatic rings. The highest BCUT2D eigenvalue weighted by Gasteiger charge is 2.30. The Morgan fingerprint density at radius 2 is 2.24 bits per heavy atom. The summed E-state index contributed by atoms with van der Waals surface area (Å²) in [6.45, 7) is 2.11. The number of aromatic nitrogens is 2. The monoisotopic (exact) mass is 232 g/mol. The molecule has 0 saturated carbocycles. The number of para-hydroxylation sites is 1. The molecule has 1 aliphatic heterocycles. The molecule has 1 aromatic heterocycles. The predicted molar refractivity (Wildman–Crippen MR) is 58.7 cm³/mol. The van der Waals surface area contributed by atoms with Crippen LogP contribution in [0.3, 0.4) is 0 Å². The Kier molecular flexibility index (Phi) is 2.33. The number of hydrogen-bond donors (Lipinski definition) is 1. The van der Waals surface area contributed by atoms with Crippen LogP contribution in [0.1, 0.15) is 36.2 Å². The number of benzene rings is 1. The number of fused-ring (bicyclic) bond motifs is 1. The number of nitrogens with zero attached hydrogens (tertiary/aromatic N) is 2. The van der Waals surface area contributed by atoms with Gasteiger partial charge in [-0.2, -0.15) is 4.98 Å². The van der Waals surface area contributed by atoms with Crippen molar-refractivity contribution in [2.45, 2.75) is 18.9 Å². The molecule has 0 fully saturated rings. The minimum absolute atomic E-state index is 0.0359. The summed E-state index contributed by atoms with van der Waals surface area (Å²) in [6, 6.07) is 7.78. The van der Waals surface area contributed by atoms with Gasteiger partial charge >= 0.3 is 0 Å². The van der Waals surface area contributed by atoms with Gasteiger partial charge in [0.1, 0.15) is 24.4 Å². The maximum Gasteiger partial charge on any atom is 0.237 e. The Bertz CT molecular complexity index is 536. The van der Waals surface area contributed by atoms with E-state index in [0.29, 0.717) is 18.3 Å². The molecule has 0 saturated heterocycles. The lowest BCUT2D eigenvalue weighted by Crippen LogP contribution is -2.03. The highest BCUT2D eigenvalue weighted by molar-refractivity contribution is 5.42. The van der Waals surface area contributed by atoms with Crippen molar-refractivity contribution >= 4 is 0 Å². The van der Waals surface area contributed by atoms with E-state index in [1.54, 1.807) is 6.92 Å². The van der Waals surface area contributed by atoms with E-state index in [1.807, 2.05) is 24.3 Å². The molecule has 0 amide bonds. The molecule has 88 valence electrons. The normalized spacial score (nSPS) is 19.8. The van der Waals surface area contributed by atoms with E-state index in [-0.39, 0.29) is 5.92 Å². The van der Waals surface area contributed by atoms with Crippen LogP contribution >= 0.6 is 0 Å². The lowest BCUT2D eigenvalue weighted by atomic mass is 10.0. The van der Waals surface area contributed by atoms with Crippen LogP contribution in [-0.4, -0.2) is 21.9 Å². The van der Waals surface area contributed by atoms with Crippen molar-refractivity contribution in [1.29, 1.82) is 0 Å². The van der Waals surface area contributed by atoms with Crippen LogP contribution in [0.25, 0.3) is 0 Å². The van der Waals surface area contributed by atoms with Gasteiger partial charge in [0.05, 0.1) is 0 Å². The maximum absolute atomic E-state index is 9.36. The predicted octanol–water partition coefficient (Wildman–Crippen LogP) is 1.65. The van der Waals surface area contributed by atoms with Crippen molar-refractivity contribution in [3.63, 3.8) is 0 Å². The molecule has 0 spiro atoms. The zero-order chi connectivity index (χ0) is 11.8. The van der Waals surface area contributed by atoms with Crippen molar-refractivity contribution in [2.24, 2.45) is 0 Å². The molecular weight excluding hydrogens is 220 g/mol. The Labute approximate surface area is 98.0 Å². The first-order valence-electron chi connectivity index (χ1n) is 5.49. The van der Waals surface area contributed by atoms with Crippen molar-refractivity contribution in [3.05, 3.63) is 41.5 Å². The fourth-order valence-corrected chi connectivity index (χ4v) is 1.93. The summed E-state index contributed by atoms with van der Waals surface area (Å²) in [4.78, 5) is 4.18. The number of rotatable bonds is 2. The minimum atomic E-state index is -0.718. The van der Waals surface area contributed by atoms with Crippen LogP contribution in [0.15, 0.2) is 28.8 Å². The van der Waals surface area contributed by atoms with E-state index >= 15 is 0 Å². The summed E-state index contributed by atoms with van der Waals surface area (Å²) >= 11 is 0. The standard InChI is InChI=1S/C12H12N2O3/c1-7(15)11-13-12(17-14-11)9-6-16-10-5-3-2-4-8(9)10/h2-5,7,9,15H,6H2,1H3. The smallest absolute Gasteiger partial charge is 0.237 e. The second-order valence-electron chi connectivity index (χ2n) is 4.07. The van der Waals surface area contributed by atoms with Gasteiger partial charge in [0.15, 0.2) is 5.82 Å². The van der Waals surface area contributed by atoms with Crippen LogP contribution in [0.2, 0.25) is 0 Å². The molecule has 1 aromatic carbocycles. The zero-order valence-electron chi connectivity index (χ0n) is 9.33. The molecule has 2 unspecified atom stereocenters. The first kappa shape index (κ1) is 10.3. The first-order valence-corrected chi connectivity index (χ1v) is 5.49. The number of ether oxygens (including phenoxy) is 1. The van der Waals surface area contributed by atoms with E-state index in [1.165, 1.54) is 0 Å². The van der Waals surface area contributed by atoms with Gasteiger partial charge in [-0.15, -0.1) is 0 Å². The van der Waals surface area contributed by atoms with E-state index in [2.05, 4.69) is 10.1 Å². The fraction of sp³-hybridized carbons (Fsp3) is 0.333. The average Bonchev–Trinajstić information content (AvgIpc) is 2.95. The van der Waals surface area contributed by atoms with Crippen molar-refractivity contribution in [2.75, 3.05) is 6.61 Å². The first-order chi connectivity index (χ1) is 8.25. The minimum Gasteiger partial charge on any atom is -0.492 e. The van der Waals surface area contributed by atoms with E-state index in [9.17, 15) is 5.11 Å². The van der Waals surface area contributed by atoms with Gasteiger partial charge in [-0.3, -0.25) is 0 Å². The third-order valence-electron chi connectivity index (χ3n) is 2.83. The van der Waals surface area contributed by atoms with Gasteiger partial charge in [0.25, 0.3) is 0 Å². The highest BCUT2D eigenvalue weighted by Crippen LogP contribution is 2.37. The summed E-state index contributed by atoms with van der Waals surface area (Å²) < 4.78 is 10.7. The lowest BCUT2D eigenvalue weighted by molar-refractivity contribution is 0.184. The summed E-state index contributed by atoms with van der Waals surface area (Å²) in [5.41, 5.74) is 1.05. The van der Waals surface area contributed by atoms with E-state index in [4.69, 9.17) is 9.26 Å². The zero-order valence-corrected chi connectivity index (χ0v) is 9.33. The van der Waals surface area contributed by atoms with Gasteiger partial charge in [0, 0.05) is 5.56 Å². The second kappa shape index (κ2) is 3.85. The fourth-order valence-electron chi connectivity index (χ4n) is 1.93. The molecule has 5 nitrogen and oxygen atoms in total. The highest BCUT2D eigenvalue weighted by atomic mass is 16.5. The average molecular weight is 232 g/mol. The molecule has 2 heterocycles. The molecule has 2 aromatic rings. The molecule has 0 radical (unpaired) electrons. The Morgan fingerprint density at radius 3 is 3.00 bits per heavy atom. The third kappa shape index (κ3) is 1.68. The van der Waals surface area contributed by atoms with Gasteiger partial charge in [-0.05, 0) is 13.0 Å². The topological polar surface area (TPSA) is 68.4 Å². The molecule has 0 aliphatic carbocycles. The van der Waals surface area contributed by atoms with Crippen LogP contribution in [0.5, 0.6) is 5.75 Å². The molecule has 2 atom stereocenters. The summed E-state index contributed by atoms with van der Waals surface area (Å²) in [6.07, 6.45) is -0.718. The second-order valence-corrected chi connectivity index (χ2v) is 4.07. The Balaban J connectivity index is 1.95. The van der Waals surface area contributed by atoms with Gasteiger partial charge in [-0.25, -0.2) is 0 Å². The van der Waals surface area contributed by atoms with Crippen LogP contribution in [0.4, 0.5) is 0 Å². The number of hydrogen-bond acceptors (Lipinski definition) is 5. The largest absolute Gasteiger partial charge is 0.492 e. The third-order valence-corrected chi connectivity index (χ3v) is 2.83. The number of aliphatic hydroxyl groups is 1. The Hall–Kier alpha value is -1.88. The number of aliphatic hydroxyl groups excluding tert-OH is 1. The summed E-state index contributed by atoms with van der Waals surface area (Å²) in [5.74, 6) is 1.62. The van der Waals surface area contributed by atoms with Gasteiger partial charge in [0.2, 0.25) is 5.89 Å². The lowest BCUT2D eigenvalue weighted by Gasteiger charge is -2.01. The van der Waals surface area contributed by atoms with Crippen LogP contribution in [0, 0.1) is 0 Å². The SMILES string of the molecule is CC(O)c1noc(C2COc3ccccc32)n1. The molecular formula is C12H12N2O3. The van der Waals surface area contributed by atoms with Crippen LogP contribution in [-0.2, 0) is 0 Å². The van der Waals surface area contributed by atoms with Crippen molar-refractivity contribution < 1.29 is 14.4 Å². The van der Waals surface area contributed by atoms with Crippen molar-refractivity contribution in [3.8, 4) is 5.75 Å². The van der Waals surface area contributed by atoms with E-state index < -0.39 is 6.10 Å². The summed E-state index contributed by atoms with van der Waals surface area (Å²) in [7, 11) is 0. The Morgan fingerprint density at radius 1 is 1.41 bits per heavy atom. The quantitative estimate of drug-likeness (QED) is 0.852. The molecule has 17 heavy (non-hydrogen) atoms. The maximum atomic E-state index is 9.36. The van der Waals surface area contributed by atoms with E-state index in [0.717, 1.165) is 11.3 Å². The van der Waals surface area contributed by atoms with Crippen LogP contribution < -0.4 is 4.74 Å². The van der Waals surface area contributed by atoms with Gasteiger partial charge < -0.3 is 14.4 Å². The summed E-state index contributed by atoms with van der Waals surface area (Å²) in [5, 5.41) is 13.1. The molecule has 5 heteroatoms. The molecule has 3 rings (SSSR count). The van der Waals surface area contributed by atoms with Crippen molar-refractivity contribution in [1.82, 2.24) is 10.1 Å².